The van der Waals surface area contributed by atoms with Gasteiger partial charge in [0, 0.05) is 15.4 Å². The van der Waals surface area contributed by atoms with E-state index in [1.165, 1.54) is 0 Å². The topological polar surface area (TPSA) is 78.4 Å². The molecule has 7 heteroatoms. The molecule has 0 aliphatic rings. The summed E-state index contributed by atoms with van der Waals surface area (Å²) in [6.07, 6.45) is 0.218. The van der Waals surface area contributed by atoms with Crippen LogP contribution in [0.15, 0.2) is 57.5 Å². The zero-order valence-corrected chi connectivity index (χ0v) is 16.0. The molecule has 2 aromatic carbocycles. The minimum Gasteiger partial charge on any atom is -0.372 e. The lowest BCUT2D eigenvalue weighted by Crippen LogP contribution is -2.52. The molecule has 24 heavy (non-hydrogen) atoms. The first-order chi connectivity index (χ1) is 11.4. The van der Waals surface area contributed by atoms with Crippen LogP contribution in [0.3, 0.4) is 0 Å². The minimum absolute atomic E-state index is 0.218. The van der Waals surface area contributed by atoms with Crippen molar-refractivity contribution >= 4 is 43.7 Å². The first kappa shape index (κ1) is 18.6. The summed E-state index contributed by atoms with van der Waals surface area (Å²) in [5.74, 6) is -1.09. The van der Waals surface area contributed by atoms with Crippen LogP contribution in [0.5, 0.6) is 0 Å². The Hall–Kier alpha value is -1.70. The highest BCUT2D eigenvalue weighted by Crippen LogP contribution is 2.31. The highest BCUT2D eigenvalue weighted by atomic mass is 79.9. The van der Waals surface area contributed by atoms with E-state index in [1.807, 2.05) is 0 Å². The Labute approximate surface area is 156 Å². The summed E-state index contributed by atoms with van der Waals surface area (Å²) >= 11 is 6.66. The SMILES string of the molecule is CCC(=O)NNC(=O)C(O)(c1ccc(Br)cc1)c1ccc(Br)cc1. The lowest BCUT2D eigenvalue weighted by molar-refractivity contribution is -0.140. The lowest BCUT2D eigenvalue weighted by atomic mass is 9.85. The van der Waals surface area contributed by atoms with Crippen molar-refractivity contribution in [2.24, 2.45) is 0 Å². The second-order valence-corrected chi connectivity index (χ2v) is 6.91. The number of carbonyl (C=O) groups excluding carboxylic acids is 2. The Morgan fingerprint density at radius 1 is 0.917 bits per heavy atom. The lowest BCUT2D eigenvalue weighted by Gasteiger charge is -2.28. The van der Waals surface area contributed by atoms with E-state index in [2.05, 4.69) is 42.7 Å². The van der Waals surface area contributed by atoms with Gasteiger partial charge in [0.05, 0.1) is 0 Å². The zero-order valence-electron chi connectivity index (χ0n) is 12.8. The molecular weight excluding hydrogens is 440 g/mol. The van der Waals surface area contributed by atoms with Gasteiger partial charge in [-0.05, 0) is 35.4 Å². The number of hydrogen-bond donors (Lipinski definition) is 3. The van der Waals surface area contributed by atoms with E-state index in [0.29, 0.717) is 11.1 Å². The van der Waals surface area contributed by atoms with Gasteiger partial charge in [0.1, 0.15) is 0 Å². The predicted molar refractivity (Wildman–Crippen MR) is 97.9 cm³/mol. The molecule has 0 radical (unpaired) electrons. The molecule has 126 valence electrons. The van der Waals surface area contributed by atoms with Crippen molar-refractivity contribution in [1.82, 2.24) is 10.9 Å². The van der Waals surface area contributed by atoms with E-state index >= 15 is 0 Å². The summed E-state index contributed by atoms with van der Waals surface area (Å²) in [6, 6.07) is 13.5. The number of benzene rings is 2. The number of aliphatic hydroxyl groups is 1. The van der Waals surface area contributed by atoms with Crippen LogP contribution in [0.2, 0.25) is 0 Å². The second kappa shape index (κ2) is 7.92. The minimum atomic E-state index is -1.94. The summed E-state index contributed by atoms with van der Waals surface area (Å²) in [5, 5.41) is 11.2. The Kier molecular flexibility index (Phi) is 6.15. The third-order valence-electron chi connectivity index (χ3n) is 3.49. The number of hydrogen-bond acceptors (Lipinski definition) is 3. The fraction of sp³-hybridized carbons (Fsp3) is 0.176. The van der Waals surface area contributed by atoms with Crippen molar-refractivity contribution in [3.8, 4) is 0 Å². The first-order valence-corrected chi connectivity index (χ1v) is 8.80. The number of nitrogens with one attached hydrogen (secondary N) is 2. The molecule has 2 aromatic rings. The molecule has 0 spiro atoms. The third kappa shape index (κ3) is 4.03. The maximum atomic E-state index is 12.7. The van der Waals surface area contributed by atoms with E-state index in [4.69, 9.17) is 0 Å². The van der Waals surface area contributed by atoms with Gasteiger partial charge in [-0.25, -0.2) is 0 Å². The van der Waals surface area contributed by atoms with E-state index in [-0.39, 0.29) is 12.3 Å². The van der Waals surface area contributed by atoms with E-state index in [1.54, 1.807) is 55.5 Å². The van der Waals surface area contributed by atoms with E-state index in [9.17, 15) is 14.7 Å². The maximum absolute atomic E-state index is 12.7. The Morgan fingerprint density at radius 2 is 1.33 bits per heavy atom. The van der Waals surface area contributed by atoms with Gasteiger partial charge < -0.3 is 5.11 Å². The van der Waals surface area contributed by atoms with Crippen molar-refractivity contribution in [3.63, 3.8) is 0 Å². The van der Waals surface area contributed by atoms with Crippen LogP contribution >= 0.6 is 31.9 Å². The van der Waals surface area contributed by atoms with Gasteiger partial charge in [-0.3, -0.25) is 20.4 Å². The highest BCUT2D eigenvalue weighted by Gasteiger charge is 2.40. The van der Waals surface area contributed by atoms with Crippen LogP contribution in [0.25, 0.3) is 0 Å². The van der Waals surface area contributed by atoms with Crippen LogP contribution in [0, 0.1) is 0 Å². The Balaban J connectivity index is 2.44. The predicted octanol–water partition coefficient (Wildman–Crippen LogP) is 3.00. The Morgan fingerprint density at radius 3 is 1.71 bits per heavy atom. The molecule has 0 bridgehead atoms. The van der Waals surface area contributed by atoms with Crippen LogP contribution in [0.4, 0.5) is 0 Å². The summed E-state index contributed by atoms with van der Waals surface area (Å²) in [6.45, 7) is 1.66. The average Bonchev–Trinajstić information content (AvgIpc) is 2.59. The van der Waals surface area contributed by atoms with Crippen molar-refractivity contribution < 1.29 is 14.7 Å². The van der Waals surface area contributed by atoms with Crippen LogP contribution in [-0.2, 0) is 15.2 Å². The molecule has 5 nitrogen and oxygen atoms in total. The summed E-state index contributed by atoms with van der Waals surface area (Å²) in [5.41, 5.74) is 3.40. The maximum Gasteiger partial charge on any atom is 0.279 e. The quantitative estimate of drug-likeness (QED) is 0.620. The van der Waals surface area contributed by atoms with E-state index in [0.717, 1.165) is 8.95 Å². The molecule has 0 heterocycles. The number of amides is 2. The molecule has 0 saturated heterocycles. The first-order valence-electron chi connectivity index (χ1n) is 7.21. The standard InChI is InChI=1S/C17H16Br2N2O3/c1-2-15(22)20-21-16(23)17(24,11-3-7-13(18)8-4-11)12-5-9-14(19)10-6-12/h3-10,24H,2H2,1H3,(H,20,22)(H,21,23). The van der Waals surface area contributed by atoms with Crippen LogP contribution in [0.1, 0.15) is 24.5 Å². The number of rotatable bonds is 4. The van der Waals surface area contributed by atoms with Gasteiger partial charge in [-0.1, -0.05) is 63.0 Å². The number of halogens is 2. The van der Waals surface area contributed by atoms with Gasteiger partial charge in [0.15, 0.2) is 5.60 Å². The Bertz CT molecular complexity index is 685. The normalized spacial score (nSPS) is 11.0. The molecule has 0 aliphatic carbocycles. The van der Waals surface area contributed by atoms with Crippen LogP contribution in [-0.4, -0.2) is 16.9 Å². The molecule has 0 unspecified atom stereocenters. The number of carbonyl (C=O) groups is 2. The molecule has 0 aliphatic heterocycles. The summed E-state index contributed by atoms with van der Waals surface area (Å²) in [4.78, 5) is 24.0. The average molecular weight is 456 g/mol. The third-order valence-corrected chi connectivity index (χ3v) is 4.55. The van der Waals surface area contributed by atoms with Gasteiger partial charge in [0.2, 0.25) is 5.91 Å². The van der Waals surface area contributed by atoms with Gasteiger partial charge in [0.25, 0.3) is 5.91 Å². The summed E-state index contributed by atoms with van der Waals surface area (Å²) < 4.78 is 1.65. The number of hydrazine groups is 1. The fourth-order valence-corrected chi connectivity index (χ4v) is 2.65. The highest BCUT2D eigenvalue weighted by molar-refractivity contribution is 9.10. The molecular formula is C17H16Br2N2O3. The van der Waals surface area contributed by atoms with Gasteiger partial charge in [-0.2, -0.15) is 0 Å². The molecule has 0 atom stereocenters. The summed E-state index contributed by atoms with van der Waals surface area (Å²) in [7, 11) is 0. The fourth-order valence-electron chi connectivity index (χ4n) is 2.12. The van der Waals surface area contributed by atoms with Crippen molar-refractivity contribution in [2.45, 2.75) is 18.9 Å². The molecule has 2 amide bonds. The zero-order chi connectivity index (χ0) is 17.7. The molecule has 0 fully saturated rings. The van der Waals surface area contributed by atoms with Gasteiger partial charge >= 0.3 is 0 Å². The molecule has 3 N–H and O–H groups in total. The van der Waals surface area contributed by atoms with E-state index < -0.39 is 11.5 Å². The second-order valence-electron chi connectivity index (χ2n) is 5.08. The largest absolute Gasteiger partial charge is 0.372 e. The molecule has 0 aromatic heterocycles. The smallest absolute Gasteiger partial charge is 0.279 e. The molecule has 0 saturated carbocycles. The molecule has 2 rings (SSSR count). The van der Waals surface area contributed by atoms with Gasteiger partial charge in [-0.15, -0.1) is 0 Å². The van der Waals surface area contributed by atoms with Crippen molar-refractivity contribution in [2.75, 3.05) is 0 Å². The van der Waals surface area contributed by atoms with Crippen LogP contribution < -0.4 is 10.9 Å². The van der Waals surface area contributed by atoms with Crippen molar-refractivity contribution in [3.05, 3.63) is 68.6 Å². The van der Waals surface area contributed by atoms with Crippen molar-refractivity contribution in [1.29, 1.82) is 0 Å². The monoisotopic (exact) mass is 454 g/mol.